The number of hydrogen-bond donors (Lipinski definition) is 0. The fourth-order valence-electron chi connectivity index (χ4n) is 1.52. The molecule has 17 heavy (non-hydrogen) atoms. The minimum Gasteiger partial charge on any atom is -0.299 e. The molecule has 0 aliphatic heterocycles. The van der Waals surface area contributed by atoms with Gasteiger partial charge in [0.1, 0.15) is 5.78 Å². The van der Waals surface area contributed by atoms with Crippen molar-refractivity contribution >= 4 is 21.7 Å². The maximum absolute atomic E-state index is 12.5. The van der Waals surface area contributed by atoms with Crippen LogP contribution in [0.1, 0.15) is 30.9 Å². The third kappa shape index (κ3) is 3.56. The Bertz CT molecular complexity index is 414. The van der Waals surface area contributed by atoms with Crippen LogP contribution in [0.4, 0.5) is 13.2 Å². The van der Waals surface area contributed by atoms with Crippen LogP contribution in [0.15, 0.2) is 24.3 Å². The van der Waals surface area contributed by atoms with Gasteiger partial charge in [0, 0.05) is 5.92 Å². The summed E-state index contributed by atoms with van der Waals surface area (Å²) in [5, 5.41) is 0. The molecule has 1 rings (SSSR count). The van der Waals surface area contributed by atoms with E-state index in [1.54, 1.807) is 13.0 Å². The smallest absolute Gasteiger partial charge is 0.299 e. The molecule has 1 nitrogen and oxygen atoms in total. The SMILES string of the molecule is CC(=O)C(Br)C(C)c1cccc(C(F)(F)F)c1. The van der Waals surface area contributed by atoms with E-state index in [4.69, 9.17) is 0 Å². The molecular formula is C12H12BrF3O. The molecule has 1 aromatic rings. The lowest BCUT2D eigenvalue weighted by Gasteiger charge is -2.17. The van der Waals surface area contributed by atoms with E-state index in [1.807, 2.05) is 0 Å². The van der Waals surface area contributed by atoms with Gasteiger partial charge in [0.25, 0.3) is 0 Å². The quantitative estimate of drug-likeness (QED) is 0.766. The Morgan fingerprint density at radius 2 is 1.94 bits per heavy atom. The van der Waals surface area contributed by atoms with Crippen molar-refractivity contribution < 1.29 is 18.0 Å². The van der Waals surface area contributed by atoms with Crippen LogP contribution in [0.5, 0.6) is 0 Å². The second kappa shape index (κ2) is 5.21. The molecule has 0 fully saturated rings. The van der Waals surface area contributed by atoms with Crippen molar-refractivity contribution in [3.8, 4) is 0 Å². The first kappa shape index (κ1) is 14.2. The number of hydrogen-bond acceptors (Lipinski definition) is 1. The molecule has 0 saturated carbocycles. The lowest BCUT2D eigenvalue weighted by molar-refractivity contribution is -0.137. The van der Waals surface area contributed by atoms with Crippen LogP contribution >= 0.6 is 15.9 Å². The van der Waals surface area contributed by atoms with E-state index in [-0.39, 0.29) is 11.7 Å². The Balaban J connectivity index is 3.04. The zero-order chi connectivity index (χ0) is 13.2. The standard InChI is InChI=1S/C12H12BrF3O/c1-7(11(13)8(2)17)9-4-3-5-10(6-9)12(14,15)16/h3-7,11H,1-2H3. The lowest BCUT2D eigenvalue weighted by atomic mass is 9.94. The van der Waals surface area contributed by atoms with Crippen molar-refractivity contribution in [3.63, 3.8) is 0 Å². The molecule has 0 aliphatic carbocycles. The van der Waals surface area contributed by atoms with Gasteiger partial charge in [-0.25, -0.2) is 0 Å². The van der Waals surface area contributed by atoms with Gasteiger partial charge in [-0.3, -0.25) is 4.79 Å². The summed E-state index contributed by atoms with van der Waals surface area (Å²) in [7, 11) is 0. The topological polar surface area (TPSA) is 17.1 Å². The summed E-state index contributed by atoms with van der Waals surface area (Å²) in [6, 6.07) is 5.06. The van der Waals surface area contributed by atoms with E-state index in [1.165, 1.54) is 13.0 Å². The molecule has 0 spiro atoms. The van der Waals surface area contributed by atoms with Gasteiger partial charge < -0.3 is 0 Å². The summed E-state index contributed by atoms with van der Waals surface area (Å²) < 4.78 is 37.5. The van der Waals surface area contributed by atoms with Crippen LogP contribution in [0.3, 0.4) is 0 Å². The van der Waals surface area contributed by atoms with Gasteiger partial charge in [-0.05, 0) is 18.6 Å². The molecule has 2 unspecified atom stereocenters. The largest absolute Gasteiger partial charge is 0.416 e. The summed E-state index contributed by atoms with van der Waals surface area (Å²) in [5.74, 6) is -0.398. The molecule has 0 aromatic heterocycles. The number of carbonyl (C=O) groups is 1. The Hall–Kier alpha value is -0.840. The highest BCUT2D eigenvalue weighted by Gasteiger charge is 2.31. The van der Waals surface area contributed by atoms with Crippen LogP contribution in [0, 0.1) is 0 Å². The predicted octanol–water partition coefficient (Wildman–Crippen LogP) is 4.16. The molecule has 94 valence electrons. The van der Waals surface area contributed by atoms with Crippen LogP contribution in [-0.2, 0) is 11.0 Å². The number of halogens is 4. The lowest BCUT2D eigenvalue weighted by Crippen LogP contribution is -2.18. The van der Waals surface area contributed by atoms with Gasteiger partial charge in [-0.15, -0.1) is 0 Å². The van der Waals surface area contributed by atoms with E-state index >= 15 is 0 Å². The summed E-state index contributed by atoms with van der Waals surface area (Å²) in [6.45, 7) is 3.12. The first-order chi connectivity index (χ1) is 7.73. The van der Waals surface area contributed by atoms with Gasteiger partial charge >= 0.3 is 6.18 Å². The van der Waals surface area contributed by atoms with E-state index in [2.05, 4.69) is 15.9 Å². The Labute approximate surface area is 106 Å². The molecule has 0 heterocycles. The van der Waals surface area contributed by atoms with Crippen LogP contribution in [0.2, 0.25) is 0 Å². The highest BCUT2D eigenvalue weighted by molar-refractivity contribution is 9.10. The molecule has 5 heteroatoms. The Morgan fingerprint density at radius 1 is 1.35 bits per heavy atom. The van der Waals surface area contributed by atoms with Crippen LogP contribution < -0.4 is 0 Å². The van der Waals surface area contributed by atoms with Crippen LogP contribution in [0.25, 0.3) is 0 Å². The highest BCUT2D eigenvalue weighted by Crippen LogP contribution is 2.33. The predicted molar refractivity (Wildman–Crippen MR) is 63.3 cm³/mol. The molecular weight excluding hydrogens is 297 g/mol. The molecule has 2 atom stereocenters. The van der Waals surface area contributed by atoms with Crippen molar-refractivity contribution in [1.29, 1.82) is 0 Å². The number of Topliss-reactive ketones (excluding diaryl/α,β-unsaturated/α-hetero) is 1. The summed E-state index contributed by atoms with van der Waals surface area (Å²) in [4.78, 5) is 10.7. The minimum absolute atomic E-state index is 0.102. The second-order valence-corrected chi connectivity index (χ2v) is 4.91. The fraction of sp³-hybridized carbons (Fsp3) is 0.417. The first-order valence-electron chi connectivity index (χ1n) is 5.05. The summed E-state index contributed by atoms with van der Waals surface area (Å²) >= 11 is 3.19. The van der Waals surface area contributed by atoms with Gasteiger partial charge in [0.15, 0.2) is 0 Å². The van der Waals surface area contributed by atoms with E-state index in [9.17, 15) is 18.0 Å². The van der Waals surface area contributed by atoms with Gasteiger partial charge in [-0.2, -0.15) is 13.2 Å². The maximum Gasteiger partial charge on any atom is 0.416 e. The average Bonchev–Trinajstić information content (AvgIpc) is 2.26. The molecule has 1 aromatic carbocycles. The average molecular weight is 309 g/mol. The van der Waals surface area contributed by atoms with Crippen molar-refractivity contribution in [3.05, 3.63) is 35.4 Å². The fourth-order valence-corrected chi connectivity index (χ4v) is 1.82. The van der Waals surface area contributed by atoms with Crippen molar-refractivity contribution in [2.45, 2.75) is 30.8 Å². The summed E-state index contributed by atoms with van der Waals surface area (Å²) in [5.41, 5.74) is -0.193. The first-order valence-corrected chi connectivity index (χ1v) is 5.96. The number of rotatable bonds is 3. The number of carbonyl (C=O) groups excluding carboxylic acids is 1. The van der Waals surface area contributed by atoms with Crippen molar-refractivity contribution in [2.24, 2.45) is 0 Å². The number of ketones is 1. The number of alkyl halides is 4. The van der Waals surface area contributed by atoms with Crippen molar-refractivity contribution in [2.75, 3.05) is 0 Å². The van der Waals surface area contributed by atoms with E-state index in [0.29, 0.717) is 5.56 Å². The normalized spacial score (nSPS) is 15.4. The Kier molecular flexibility index (Phi) is 4.36. The van der Waals surface area contributed by atoms with E-state index in [0.717, 1.165) is 12.1 Å². The monoisotopic (exact) mass is 308 g/mol. The van der Waals surface area contributed by atoms with Crippen molar-refractivity contribution in [1.82, 2.24) is 0 Å². The number of benzene rings is 1. The molecule has 0 aliphatic rings. The zero-order valence-corrected chi connectivity index (χ0v) is 11.0. The van der Waals surface area contributed by atoms with Gasteiger partial charge in [0.05, 0.1) is 10.4 Å². The molecule has 0 radical (unpaired) electrons. The maximum atomic E-state index is 12.5. The molecule has 0 amide bonds. The van der Waals surface area contributed by atoms with Gasteiger partial charge in [0.2, 0.25) is 0 Å². The zero-order valence-electron chi connectivity index (χ0n) is 9.38. The Morgan fingerprint density at radius 3 is 2.41 bits per heavy atom. The third-order valence-electron chi connectivity index (χ3n) is 2.57. The second-order valence-electron chi connectivity index (χ2n) is 3.92. The van der Waals surface area contributed by atoms with Crippen LogP contribution in [-0.4, -0.2) is 10.6 Å². The highest BCUT2D eigenvalue weighted by atomic mass is 79.9. The minimum atomic E-state index is -4.35. The summed E-state index contributed by atoms with van der Waals surface area (Å²) in [6.07, 6.45) is -4.35. The van der Waals surface area contributed by atoms with E-state index < -0.39 is 16.6 Å². The molecule has 0 N–H and O–H groups in total. The molecule has 0 saturated heterocycles. The molecule has 0 bridgehead atoms. The third-order valence-corrected chi connectivity index (χ3v) is 4.00. The van der Waals surface area contributed by atoms with Gasteiger partial charge in [-0.1, -0.05) is 41.1 Å².